The zero-order valence-corrected chi connectivity index (χ0v) is 21.9. The van der Waals surface area contributed by atoms with Crippen molar-refractivity contribution in [3.05, 3.63) is 82.8 Å². The molecular weight excluding hydrogens is 505 g/mol. The number of nitrogens with zero attached hydrogens (tertiary/aromatic N) is 3. The summed E-state index contributed by atoms with van der Waals surface area (Å²) in [5.41, 5.74) is 3.67. The van der Waals surface area contributed by atoms with Gasteiger partial charge in [0.25, 0.3) is 0 Å². The van der Waals surface area contributed by atoms with Gasteiger partial charge in [0.15, 0.2) is 0 Å². The molecule has 1 atom stereocenters. The molecule has 0 aliphatic carbocycles. The molecule has 8 heteroatoms. The first-order chi connectivity index (χ1) is 16.5. The Bertz CT molecular complexity index is 1120. The number of amides is 1. The van der Waals surface area contributed by atoms with E-state index in [2.05, 4.69) is 16.7 Å². The average Bonchev–Trinajstić information content (AvgIpc) is 2.86. The zero-order chi connectivity index (χ0) is 24.1. The van der Waals surface area contributed by atoms with Crippen molar-refractivity contribution in [3.8, 4) is 11.1 Å². The van der Waals surface area contributed by atoms with Crippen molar-refractivity contribution < 1.29 is 9.90 Å². The fourth-order valence-corrected chi connectivity index (χ4v) is 5.02. The summed E-state index contributed by atoms with van der Waals surface area (Å²) in [5, 5.41) is 11.4. The first-order valence-electron chi connectivity index (χ1n) is 11.6. The Kier molecular flexibility index (Phi) is 9.70. The monoisotopic (exact) mass is 533 g/mol. The highest BCUT2D eigenvalue weighted by Gasteiger charge is 2.32. The van der Waals surface area contributed by atoms with Crippen LogP contribution in [0.25, 0.3) is 11.1 Å². The summed E-state index contributed by atoms with van der Waals surface area (Å²) in [5.74, 6) is 0. The second-order valence-electron chi connectivity index (χ2n) is 8.43. The second kappa shape index (κ2) is 12.5. The summed E-state index contributed by atoms with van der Waals surface area (Å²) in [7, 11) is 0. The first-order valence-corrected chi connectivity index (χ1v) is 12.4. The normalized spacial score (nSPS) is 14.8. The third-order valence-electron chi connectivity index (χ3n) is 6.29. The highest BCUT2D eigenvalue weighted by atomic mass is 35.5. The van der Waals surface area contributed by atoms with Crippen LogP contribution in [0.5, 0.6) is 0 Å². The van der Waals surface area contributed by atoms with E-state index in [1.165, 1.54) is 4.90 Å². The van der Waals surface area contributed by atoms with E-state index in [-0.39, 0.29) is 18.6 Å². The lowest BCUT2D eigenvalue weighted by atomic mass is 10.0. The maximum Gasteiger partial charge on any atom is 0.413 e. The van der Waals surface area contributed by atoms with E-state index in [0.717, 1.165) is 55.8 Å². The molecule has 0 saturated carbocycles. The maximum absolute atomic E-state index is 12.5. The Morgan fingerprint density at radius 2 is 1.60 bits per heavy atom. The summed E-state index contributed by atoms with van der Waals surface area (Å²) in [6, 6.07) is 23.5. The molecule has 0 bridgehead atoms. The SMILES string of the molecule is CCCC(N1CCN(c2cccc(Cl)c2Cl)CC1)N(C(=O)O)c1cccc(-c2ccccc2)c1.Cl. The van der Waals surface area contributed by atoms with Gasteiger partial charge in [0.05, 0.1) is 21.9 Å². The lowest BCUT2D eigenvalue weighted by Gasteiger charge is -2.43. The molecule has 3 aromatic rings. The molecule has 0 radical (unpaired) electrons. The fourth-order valence-electron chi connectivity index (χ4n) is 4.61. The minimum absolute atomic E-state index is 0. The van der Waals surface area contributed by atoms with Gasteiger partial charge in [0, 0.05) is 31.9 Å². The molecule has 4 rings (SSSR count). The fraction of sp³-hybridized carbons (Fsp3) is 0.296. The number of piperazine rings is 1. The van der Waals surface area contributed by atoms with Crippen molar-refractivity contribution in [2.45, 2.75) is 25.9 Å². The number of carboxylic acid groups (broad SMARTS) is 1. The van der Waals surface area contributed by atoms with E-state index < -0.39 is 6.09 Å². The molecule has 186 valence electrons. The zero-order valence-electron chi connectivity index (χ0n) is 19.6. The number of anilines is 2. The lowest BCUT2D eigenvalue weighted by Crippen LogP contribution is -2.57. The number of benzene rings is 3. The van der Waals surface area contributed by atoms with Gasteiger partial charge in [-0.05, 0) is 41.8 Å². The number of carbonyl (C=O) groups is 1. The molecule has 3 aromatic carbocycles. The Morgan fingerprint density at radius 1 is 0.943 bits per heavy atom. The van der Waals surface area contributed by atoms with Gasteiger partial charge in [-0.1, -0.05) is 85.1 Å². The highest BCUT2D eigenvalue weighted by Crippen LogP contribution is 2.34. The summed E-state index contributed by atoms with van der Waals surface area (Å²) in [6.45, 7) is 5.05. The minimum atomic E-state index is -0.941. The average molecular weight is 535 g/mol. The van der Waals surface area contributed by atoms with E-state index in [4.69, 9.17) is 23.2 Å². The van der Waals surface area contributed by atoms with Crippen LogP contribution in [0.15, 0.2) is 72.8 Å². The van der Waals surface area contributed by atoms with Crippen LogP contribution in [0, 0.1) is 0 Å². The number of hydrogen-bond donors (Lipinski definition) is 1. The van der Waals surface area contributed by atoms with Crippen LogP contribution in [0.2, 0.25) is 10.0 Å². The van der Waals surface area contributed by atoms with Crippen molar-refractivity contribution in [1.29, 1.82) is 0 Å². The minimum Gasteiger partial charge on any atom is -0.465 e. The third-order valence-corrected chi connectivity index (χ3v) is 7.10. The standard InChI is InChI=1S/C27H29Cl2N3O2.ClH/c1-2-8-25(31-17-15-30(16-18-31)24-14-7-13-23(28)26(24)29)32(27(33)34)22-12-6-11-21(19-22)20-9-4-3-5-10-20;/h3-7,9-14,19,25H,2,8,15-18H2,1H3,(H,33,34);1H. The molecule has 1 aliphatic rings. The molecule has 1 heterocycles. The van der Waals surface area contributed by atoms with Crippen molar-refractivity contribution >= 4 is 53.1 Å². The van der Waals surface area contributed by atoms with Gasteiger partial charge in [-0.2, -0.15) is 0 Å². The molecule has 5 nitrogen and oxygen atoms in total. The molecule has 0 aromatic heterocycles. The van der Waals surface area contributed by atoms with E-state index in [1.807, 2.05) is 66.7 Å². The largest absolute Gasteiger partial charge is 0.465 e. The van der Waals surface area contributed by atoms with Crippen molar-refractivity contribution in [1.82, 2.24) is 4.90 Å². The Hall–Kier alpha value is -2.44. The molecular formula is C27H30Cl3N3O2. The van der Waals surface area contributed by atoms with E-state index in [9.17, 15) is 9.90 Å². The van der Waals surface area contributed by atoms with Gasteiger partial charge >= 0.3 is 6.09 Å². The first kappa shape index (κ1) is 27.2. The Labute approximate surface area is 223 Å². The molecule has 1 amide bonds. The van der Waals surface area contributed by atoms with Gasteiger partial charge in [0.1, 0.15) is 0 Å². The summed E-state index contributed by atoms with van der Waals surface area (Å²) in [6.07, 6.45) is 0.446. The number of hydrogen-bond acceptors (Lipinski definition) is 3. The van der Waals surface area contributed by atoms with Gasteiger partial charge in [0.2, 0.25) is 0 Å². The van der Waals surface area contributed by atoms with Gasteiger partial charge in [-0.15, -0.1) is 12.4 Å². The van der Waals surface area contributed by atoms with Crippen LogP contribution in [0.3, 0.4) is 0 Å². The van der Waals surface area contributed by atoms with Crippen LogP contribution in [-0.4, -0.2) is 48.4 Å². The van der Waals surface area contributed by atoms with E-state index in [0.29, 0.717) is 15.7 Å². The van der Waals surface area contributed by atoms with Crippen molar-refractivity contribution in [3.63, 3.8) is 0 Å². The van der Waals surface area contributed by atoms with Crippen LogP contribution >= 0.6 is 35.6 Å². The topological polar surface area (TPSA) is 47.0 Å². The number of halogens is 3. The van der Waals surface area contributed by atoms with Gasteiger partial charge in [-0.3, -0.25) is 9.80 Å². The summed E-state index contributed by atoms with van der Waals surface area (Å²) in [4.78, 5) is 18.5. The Balaban J connectivity index is 0.00000342. The second-order valence-corrected chi connectivity index (χ2v) is 9.22. The summed E-state index contributed by atoms with van der Waals surface area (Å²) >= 11 is 12.7. The van der Waals surface area contributed by atoms with Crippen LogP contribution < -0.4 is 9.80 Å². The predicted octanol–water partition coefficient (Wildman–Crippen LogP) is 7.52. The van der Waals surface area contributed by atoms with Crippen LogP contribution in [0.1, 0.15) is 19.8 Å². The molecule has 1 fully saturated rings. The molecule has 0 spiro atoms. The quantitative estimate of drug-likeness (QED) is 0.341. The number of rotatable bonds is 7. The van der Waals surface area contributed by atoms with Crippen LogP contribution in [-0.2, 0) is 0 Å². The molecule has 1 aliphatic heterocycles. The predicted molar refractivity (Wildman–Crippen MR) is 149 cm³/mol. The Morgan fingerprint density at radius 3 is 2.26 bits per heavy atom. The molecule has 35 heavy (non-hydrogen) atoms. The smallest absolute Gasteiger partial charge is 0.413 e. The molecule has 1 N–H and O–H groups in total. The van der Waals surface area contributed by atoms with E-state index >= 15 is 0 Å². The van der Waals surface area contributed by atoms with Gasteiger partial charge < -0.3 is 10.0 Å². The molecule has 1 unspecified atom stereocenters. The van der Waals surface area contributed by atoms with Crippen molar-refractivity contribution in [2.75, 3.05) is 36.0 Å². The van der Waals surface area contributed by atoms with Crippen LogP contribution in [0.4, 0.5) is 16.2 Å². The molecule has 1 saturated heterocycles. The van der Waals surface area contributed by atoms with E-state index in [1.54, 1.807) is 6.07 Å². The maximum atomic E-state index is 12.5. The van der Waals surface area contributed by atoms with Crippen molar-refractivity contribution in [2.24, 2.45) is 0 Å². The summed E-state index contributed by atoms with van der Waals surface area (Å²) < 4.78 is 0. The lowest BCUT2D eigenvalue weighted by molar-refractivity contribution is 0.151. The van der Waals surface area contributed by atoms with Gasteiger partial charge in [-0.25, -0.2) is 4.79 Å². The highest BCUT2D eigenvalue weighted by molar-refractivity contribution is 6.43. The third kappa shape index (κ3) is 6.22.